The van der Waals surface area contributed by atoms with Crippen molar-refractivity contribution in [2.45, 2.75) is 119 Å². The summed E-state index contributed by atoms with van der Waals surface area (Å²) in [6, 6.07) is -2.92. The number of aromatic nitrogens is 1. The van der Waals surface area contributed by atoms with Crippen molar-refractivity contribution in [3.05, 3.63) is 29.8 Å². The van der Waals surface area contributed by atoms with Gasteiger partial charge < -0.3 is 62.4 Å². The van der Waals surface area contributed by atoms with Crippen LogP contribution < -0.4 is 37.2 Å². The third-order valence-corrected chi connectivity index (χ3v) is 11.4. The predicted molar refractivity (Wildman–Crippen MR) is 207 cm³/mol. The summed E-state index contributed by atoms with van der Waals surface area (Å²) in [5.41, 5.74) is -0.647. The van der Waals surface area contributed by atoms with Crippen molar-refractivity contribution in [2.75, 3.05) is 18.8 Å². The highest BCUT2D eigenvalue weighted by Gasteiger charge is 2.44. The van der Waals surface area contributed by atoms with Gasteiger partial charge in [-0.1, -0.05) is 18.2 Å². The van der Waals surface area contributed by atoms with Crippen molar-refractivity contribution in [3.8, 4) is 0 Å². The minimum Gasteiger partial charge on any atom is -0.391 e. The summed E-state index contributed by atoms with van der Waals surface area (Å²) < 4.78 is 0. The first-order chi connectivity index (χ1) is 27.2. The number of aromatic amines is 1. The van der Waals surface area contributed by atoms with Crippen molar-refractivity contribution >= 4 is 69.9 Å². The first-order valence-electron chi connectivity index (χ1n) is 18.9. The van der Waals surface area contributed by atoms with Crippen molar-refractivity contribution in [3.63, 3.8) is 0 Å². The molecule has 20 nitrogen and oxygen atoms in total. The fourth-order valence-corrected chi connectivity index (χ4v) is 8.18. The van der Waals surface area contributed by atoms with Crippen LogP contribution in [0.2, 0.25) is 0 Å². The van der Waals surface area contributed by atoms with Crippen LogP contribution in [0.5, 0.6) is 0 Å². The molecule has 1 fully saturated rings. The first-order valence-corrected chi connectivity index (χ1v) is 19.9. The summed E-state index contributed by atoms with van der Waals surface area (Å²) in [7, 11) is 0. The van der Waals surface area contributed by atoms with Crippen molar-refractivity contribution in [1.82, 2.24) is 47.1 Å². The SMILES string of the molecule is CC(=O)NCC(C)(O)CC1NC(=O)C2Cc3c([nH]c4ccccc34)SCC(NC(=O)C(C(C)O)NC(=O)C(C)NC1=O)C(=O)N1CC(O)CC1C(=O)NC(C)C(=O)N2. The minimum atomic E-state index is -1.79. The number of thioether (sulfide) groups is 1. The standard InChI is InChI=1S/C37H51N9O11S/c1-16-29(50)41-24-11-22-21-8-6-7-9-23(21)44-35(22)58-14-26(36(56)46-13-20(49)10-27(46)33(54)40-16)43-34(55)28(18(3)47)45-30(51)17(2)39-32(53)25(42-31(24)52)12-37(5,57)15-38-19(4)48/h6-9,16-18,20,24-28,44,47,49,57H,10-15H2,1-5H3,(H,38,48)(H,39,53)(H,40,54)(H,41,50)(H,42,52)(H,43,55)(H,45,51). The molecule has 4 heterocycles. The Morgan fingerprint density at radius 2 is 1.53 bits per heavy atom. The van der Waals surface area contributed by atoms with E-state index in [0.29, 0.717) is 21.5 Å². The number of nitrogens with one attached hydrogen (secondary N) is 8. The number of amides is 8. The van der Waals surface area contributed by atoms with Crippen LogP contribution >= 0.6 is 11.8 Å². The van der Waals surface area contributed by atoms with Gasteiger partial charge in [0.1, 0.15) is 42.3 Å². The molecule has 2 aromatic rings. The number of aliphatic hydroxyl groups excluding tert-OH is 2. The van der Waals surface area contributed by atoms with Gasteiger partial charge >= 0.3 is 0 Å². The quantitative estimate of drug-likeness (QED) is 0.139. The topological polar surface area (TPSA) is 300 Å². The lowest BCUT2D eigenvalue weighted by atomic mass is 9.95. The summed E-state index contributed by atoms with van der Waals surface area (Å²) in [6.45, 7) is 5.82. The van der Waals surface area contributed by atoms with Crippen LogP contribution in [0.25, 0.3) is 10.9 Å². The van der Waals surface area contributed by atoms with E-state index in [1.54, 1.807) is 24.3 Å². The molecule has 0 aliphatic carbocycles. The number of aliphatic hydroxyl groups is 3. The molecule has 0 saturated carbocycles. The van der Waals surface area contributed by atoms with E-state index < -0.39 is 114 Å². The van der Waals surface area contributed by atoms with E-state index in [9.17, 15) is 53.7 Å². The molecule has 5 rings (SSSR count). The van der Waals surface area contributed by atoms with Crippen LogP contribution in [-0.4, -0.2) is 151 Å². The highest BCUT2D eigenvalue weighted by Crippen LogP contribution is 2.32. The van der Waals surface area contributed by atoms with Gasteiger partial charge in [-0.2, -0.15) is 0 Å². The van der Waals surface area contributed by atoms with Gasteiger partial charge in [-0.25, -0.2) is 0 Å². The normalized spacial score (nSPS) is 29.7. The third-order valence-electron chi connectivity index (χ3n) is 10.3. The van der Waals surface area contributed by atoms with E-state index in [4.69, 9.17) is 0 Å². The van der Waals surface area contributed by atoms with Crippen LogP contribution in [0.1, 0.15) is 53.0 Å². The Kier molecular flexibility index (Phi) is 13.7. The number of benzene rings is 1. The van der Waals surface area contributed by atoms with Crippen LogP contribution in [-0.2, 0) is 44.8 Å². The Labute approximate surface area is 337 Å². The third kappa shape index (κ3) is 10.4. The summed E-state index contributed by atoms with van der Waals surface area (Å²) in [4.78, 5) is 114. The summed E-state index contributed by atoms with van der Waals surface area (Å²) in [5.74, 6) is -6.75. The molecule has 10 atom stereocenters. The Morgan fingerprint density at radius 3 is 2.21 bits per heavy atom. The number of carbonyl (C=O) groups excluding carboxylic acids is 8. The number of carbonyl (C=O) groups is 8. The lowest BCUT2D eigenvalue weighted by Crippen LogP contribution is -2.62. The Bertz CT molecular complexity index is 1950. The molecule has 0 spiro atoms. The second-order valence-corrected chi connectivity index (χ2v) is 16.4. The highest BCUT2D eigenvalue weighted by atomic mass is 32.2. The zero-order valence-electron chi connectivity index (χ0n) is 32.7. The van der Waals surface area contributed by atoms with Gasteiger partial charge in [0.05, 0.1) is 22.8 Å². The Morgan fingerprint density at radius 1 is 0.897 bits per heavy atom. The molecule has 1 saturated heterocycles. The molecule has 8 amide bonds. The van der Waals surface area contributed by atoms with Crippen LogP contribution in [0.4, 0.5) is 0 Å². The van der Waals surface area contributed by atoms with Gasteiger partial charge in [0, 0.05) is 55.9 Å². The Balaban J connectivity index is 1.67. The fraction of sp³-hybridized carbons (Fsp3) is 0.568. The monoisotopic (exact) mass is 829 g/mol. The number of hydrogen-bond donors (Lipinski definition) is 11. The second kappa shape index (κ2) is 18.1. The van der Waals surface area contributed by atoms with Crippen LogP contribution in [0.15, 0.2) is 29.3 Å². The average Bonchev–Trinajstić information content (AvgIpc) is 3.72. The van der Waals surface area contributed by atoms with Gasteiger partial charge in [0.25, 0.3) is 0 Å². The summed E-state index contributed by atoms with van der Waals surface area (Å²) >= 11 is 1.08. The van der Waals surface area contributed by atoms with Gasteiger partial charge in [-0.05, 0) is 39.3 Å². The van der Waals surface area contributed by atoms with Crippen molar-refractivity contribution in [2.24, 2.45) is 0 Å². The largest absolute Gasteiger partial charge is 0.391 e. The van der Waals surface area contributed by atoms with Crippen molar-refractivity contribution < 1.29 is 53.7 Å². The number of rotatable bonds is 5. The van der Waals surface area contributed by atoms with Crippen LogP contribution in [0.3, 0.4) is 0 Å². The molecule has 316 valence electrons. The first kappa shape index (κ1) is 43.9. The number of para-hydroxylation sites is 1. The lowest BCUT2D eigenvalue weighted by Gasteiger charge is -2.31. The predicted octanol–water partition coefficient (Wildman–Crippen LogP) is -3.60. The summed E-state index contributed by atoms with van der Waals surface area (Å²) in [5, 5.41) is 51.4. The molecule has 58 heavy (non-hydrogen) atoms. The molecule has 1 aromatic carbocycles. The molecule has 3 aliphatic heterocycles. The number of fused-ring (bicyclic) bond motifs is 5. The summed E-state index contributed by atoms with van der Waals surface area (Å²) in [6.07, 6.45) is -3.52. The maximum absolute atomic E-state index is 14.4. The van der Waals surface area contributed by atoms with E-state index in [-0.39, 0.29) is 31.7 Å². The van der Waals surface area contributed by atoms with E-state index in [0.717, 1.165) is 16.7 Å². The van der Waals surface area contributed by atoms with E-state index in [1.807, 2.05) is 0 Å². The molecule has 3 aliphatic rings. The van der Waals surface area contributed by atoms with E-state index >= 15 is 0 Å². The molecule has 1 aromatic heterocycles. The molecule has 11 N–H and O–H groups in total. The molecule has 2 bridgehead atoms. The maximum Gasteiger partial charge on any atom is 0.246 e. The molecular formula is C37H51N9O11S. The molecule has 0 radical (unpaired) electrons. The van der Waals surface area contributed by atoms with Gasteiger partial charge in [-0.15, -0.1) is 11.8 Å². The number of hydrogen-bond acceptors (Lipinski definition) is 12. The smallest absolute Gasteiger partial charge is 0.246 e. The minimum absolute atomic E-state index is 0.177. The zero-order chi connectivity index (χ0) is 42.6. The second-order valence-electron chi connectivity index (χ2n) is 15.4. The molecular weight excluding hydrogens is 779 g/mol. The highest BCUT2D eigenvalue weighted by molar-refractivity contribution is 7.99. The maximum atomic E-state index is 14.4. The molecule has 10 unspecified atom stereocenters. The molecule has 21 heteroatoms. The lowest BCUT2D eigenvalue weighted by molar-refractivity contribution is -0.142. The average molecular weight is 830 g/mol. The number of H-pyrrole nitrogens is 1. The van der Waals surface area contributed by atoms with Crippen molar-refractivity contribution in [1.29, 1.82) is 0 Å². The Hall–Kier alpha value is -5.25. The van der Waals surface area contributed by atoms with E-state index in [2.05, 4.69) is 42.2 Å². The van der Waals surface area contributed by atoms with Crippen LogP contribution in [0, 0.1) is 0 Å². The zero-order valence-corrected chi connectivity index (χ0v) is 33.5. The van der Waals surface area contributed by atoms with Gasteiger partial charge in [-0.3, -0.25) is 38.4 Å². The van der Waals surface area contributed by atoms with Gasteiger partial charge in [0.15, 0.2) is 0 Å². The van der Waals surface area contributed by atoms with E-state index in [1.165, 1.54) is 34.6 Å². The van der Waals surface area contributed by atoms with Gasteiger partial charge in [0.2, 0.25) is 47.3 Å². The fourth-order valence-electron chi connectivity index (χ4n) is 7.07. The number of nitrogens with zero attached hydrogens (tertiary/aromatic N) is 1.